The van der Waals surface area contributed by atoms with E-state index in [1.54, 1.807) is 41.3 Å². The van der Waals surface area contributed by atoms with E-state index >= 15 is 0 Å². The van der Waals surface area contributed by atoms with Crippen molar-refractivity contribution in [3.63, 3.8) is 0 Å². The highest BCUT2D eigenvalue weighted by Gasteiger charge is 2.21. The van der Waals surface area contributed by atoms with Gasteiger partial charge in [0.15, 0.2) is 5.78 Å². The quantitative estimate of drug-likeness (QED) is 0.767. The third-order valence-electron chi connectivity index (χ3n) is 3.90. The zero-order valence-electron chi connectivity index (χ0n) is 13.9. The van der Waals surface area contributed by atoms with Gasteiger partial charge in [-0.3, -0.25) is 14.4 Å². The Morgan fingerprint density at radius 2 is 2.12 bits per heavy atom. The molecule has 1 aliphatic rings. The Labute approximate surface area is 159 Å². The fourth-order valence-corrected chi connectivity index (χ4v) is 3.56. The van der Waals surface area contributed by atoms with Crippen molar-refractivity contribution in [1.29, 1.82) is 0 Å². The molecule has 8 heteroatoms. The van der Waals surface area contributed by atoms with E-state index in [0.717, 1.165) is 0 Å². The second-order valence-corrected chi connectivity index (χ2v) is 7.40. The number of anilines is 1. The first-order valence-corrected chi connectivity index (χ1v) is 9.29. The molecule has 1 aliphatic heterocycles. The van der Waals surface area contributed by atoms with Gasteiger partial charge in [-0.2, -0.15) is 0 Å². The molecule has 0 spiro atoms. The van der Waals surface area contributed by atoms with Crippen LogP contribution in [0.1, 0.15) is 26.5 Å². The van der Waals surface area contributed by atoms with E-state index in [2.05, 4.69) is 5.32 Å². The van der Waals surface area contributed by atoms with Crippen molar-refractivity contribution in [3.8, 4) is 0 Å². The lowest BCUT2D eigenvalue weighted by Gasteiger charge is -2.27. The van der Waals surface area contributed by atoms with Crippen LogP contribution in [0.2, 0.25) is 4.34 Å². The minimum atomic E-state index is -0.248. The van der Waals surface area contributed by atoms with Crippen LogP contribution in [-0.4, -0.2) is 43.9 Å². The fourth-order valence-electron chi connectivity index (χ4n) is 2.60. The number of hydrogen-bond donors (Lipinski definition) is 1. The molecule has 2 aromatic rings. The average Bonchev–Trinajstić information content (AvgIpc) is 3.08. The molecular formula is C18H17ClN2O4S. The van der Waals surface area contributed by atoms with Gasteiger partial charge in [-0.25, -0.2) is 0 Å². The smallest absolute Gasteiger partial charge is 0.261 e. The lowest BCUT2D eigenvalue weighted by atomic mass is 10.1. The Bertz CT molecular complexity index is 836. The summed E-state index contributed by atoms with van der Waals surface area (Å²) in [6.07, 6.45) is 0.172. The number of Topliss-reactive ketones (excluding diaryl/α,β-unsaturated/α-hetero) is 1. The van der Waals surface area contributed by atoms with E-state index in [-0.39, 0.29) is 37.2 Å². The normalized spacial score (nSPS) is 14.3. The molecule has 2 amide bonds. The fraction of sp³-hybridized carbons (Fsp3) is 0.278. The molecule has 0 bridgehead atoms. The summed E-state index contributed by atoms with van der Waals surface area (Å²) in [7, 11) is 0. The molecule has 26 heavy (non-hydrogen) atoms. The van der Waals surface area contributed by atoms with E-state index in [1.807, 2.05) is 0 Å². The molecule has 0 aliphatic carbocycles. The summed E-state index contributed by atoms with van der Waals surface area (Å²) in [5.74, 6) is -0.470. The molecule has 1 fully saturated rings. The summed E-state index contributed by atoms with van der Waals surface area (Å²) < 4.78 is 5.66. The van der Waals surface area contributed by atoms with E-state index in [1.165, 1.54) is 11.3 Å². The molecule has 0 atom stereocenters. The predicted octanol–water partition coefficient (Wildman–Crippen LogP) is 2.77. The van der Waals surface area contributed by atoms with Gasteiger partial charge in [-0.15, -0.1) is 11.3 Å². The number of benzene rings is 1. The van der Waals surface area contributed by atoms with Gasteiger partial charge in [0.25, 0.3) is 11.8 Å². The number of carbonyl (C=O) groups excluding carboxylic acids is 3. The Kier molecular flexibility index (Phi) is 6.03. The van der Waals surface area contributed by atoms with Gasteiger partial charge in [0.1, 0.15) is 6.61 Å². The van der Waals surface area contributed by atoms with Gasteiger partial charge in [-0.1, -0.05) is 23.7 Å². The molecule has 1 aromatic heterocycles. The van der Waals surface area contributed by atoms with E-state index in [4.69, 9.17) is 16.3 Å². The van der Waals surface area contributed by atoms with Crippen molar-refractivity contribution in [2.24, 2.45) is 0 Å². The zero-order valence-corrected chi connectivity index (χ0v) is 15.4. The summed E-state index contributed by atoms with van der Waals surface area (Å²) in [5.41, 5.74) is 1.19. The molecule has 136 valence electrons. The largest absolute Gasteiger partial charge is 0.370 e. The number of thiophene rings is 1. The summed E-state index contributed by atoms with van der Waals surface area (Å²) >= 11 is 7.00. The Morgan fingerprint density at radius 1 is 1.27 bits per heavy atom. The minimum absolute atomic E-state index is 0.0525. The van der Waals surface area contributed by atoms with Crippen LogP contribution >= 0.6 is 22.9 Å². The topological polar surface area (TPSA) is 75.7 Å². The first kappa shape index (κ1) is 18.6. The molecule has 0 radical (unpaired) electrons. The van der Waals surface area contributed by atoms with Crippen molar-refractivity contribution in [3.05, 3.63) is 51.2 Å². The number of rotatable bonds is 6. The molecule has 1 N–H and O–H groups in total. The molecule has 0 unspecified atom stereocenters. The van der Waals surface area contributed by atoms with Crippen LogP contribution in [0.3, 0.4) is 0 Å². The summed E-state index contributed by atoms with van der Waals surface area (Å²) in [4.78, 5) is 38.4. The zero-order chi connectivity index (χ0) is 18.5. The van der Waals surface area contributed by atoms with Crippen molar-refractivity contribution >= 4 is 46.2 Å². The van der Waals surface area contributed by atoms with Crippen molar-refractivity contribution in [2.45, 2.75) is 6.42 Å². The maximum atomic E-state index is 12.4. The highest BCUT2D eigenvalue weighted by Crippen LogP contribution is 2.21. The first-order chi connectivity index (χ1) is 12.5. The van der Waals surface area contributed by atoms with Gasteiger partial charge in [0, 0.05) is 30.8 Å². The Balaban J connectivity index is 1.57. The molecular weight excluding hydrogens is 376 g/mol. The Morgan fingerprint density at radius 3 is 2.85 bits per heavy atom. The lowest BCUT2D eigenvalue weighted by molar-refractivity contribution is -0.125. The second-order valence-electron chi connectivity index (χ2n) is 5.68. The number of morpholine rings is 1. The first-order valence-electron chi connectivity index (χ1n) is 8.09. The van der Waals surface area contributed by atoms with Gasteiger partial charge in [0.05, 0.1) is 15.8 Å². The highest BCUT2D eigenvalue weighted by atomic mass is 35.5. The van der Waals surface area contributed by atoms with Crippen LogP contribution in [0, 0.1) is 0 Å². The van der Waals surface area contributed by atoms with Crippen LogP contribution in [-0.2, 0) is 9.53 Å². The van der Waals surface area contributed by atoms with E-state index in [0.29, 0.717) is 33.6 Å². The lowest BCUT2D eigenvalue weighted by Crippen LogP contribution is -2.41. The number of halogens is 1. The predicted molar refractivity (Wildman–Crippen MR) is 100 cm³/mol. The van der Waals surface area contributed by atoms with Gasteiger partial charge in [-0.05, 0) is 24.3 Å². The van der Waals surface area contributed by atoms with Crippen LogP contribution in [0.25, 0.3) is 0 Å². The SMILES string of the molecule is O=C(CCNC(=O)c1ccc(Cl)s1)c1cccc(N2CCOCC2=O)c1. The maximum absolute atomic E-state index is 12.4. The van der Waals surface area contributed by atoms with E-state index in [9.17, 15) is 14.4 Å². The Hall–Kier alpha value is -2.22. The van der Waals surface area contributed by atoms with Crippen LogP contribution in [0.4, 0.5) is 5.69 Å². The second kappa shape index (κ2) is 8.44. The molecule has 1 saturated heterocycles. The standard InChI is InChI=1S/C18H17ClN2O4S/c19-16-5-4-15(26-16)18(24)20-7-6-14(22)12-2-1-3-13(10-12)21-8-9-25-11-17(21)23/h1-5,10H,6-9,11H2,(H,20,24). The average molecular weight is 393 g/mol. The summed E-state index contributed by atoms with van der Waals surface area (Å²) in [5, 5.41) is 2.71. The number of ether oxygens (including phenoxy) is 1. The molecule has 6 nitrogen and oxygen atoms in total. The third kappa shape index (κ3) is 4.49. The number of ketones is 1. The molecule has 3 rings (SSSR count). The number of hydrogen-bond acceptors (Lipinski definition) is 5. The maximum Gasteiger partial charge on any atom is 0.261 e. The van der Waals surface area contributed by atoms with E-state index < -0.39 is 0 Å². The van der Waals surface area contributed by atoms with Crippen molar-refractivity contribution in [1.82, 2.24) is 5.32 Å². The van der Waals surface area contributed by atoms with Gasteiger partial charge < -0.3 is 15.0 Å². The van der Waals surface area contributed by atoms with Gasteiger partial charge >= 0.3 is 0 Å². The van der Waals surface area contributed by atoms with Crippen molar-refractivity contribution < 1.29 is 19.1 Å². The number of nitrogens with zero attached hydrogens (tertiary/aromatic N) is 1. The summed E-state index contributed by atoms with van der Waals surface area (Å²) in [6, 6.07) is 10.3. The molecule has 2 heterocycles. The number of amides is 2. The van der Waals surface area contributed by atoms with Gasteiger partial charge in [0.2, 0.25) is 0 Å². The number of carbonyl (C=O) groups is 3. The third-order valence-corrected chi connectivity index (χ3v) is 5.13. The summed E-state index contributed by atoms with van der Waals surface area (Å²) in [6.45, 7) is 1.23. The number of nitrogens with one attached hydrogen (secondary N) is 1. The molecule has 0 saturated carbocycles. The highest BCUT2D eigenvalue weighted by molar-refractivity contribution is 7.17. The molecule has 1 aromatic carbocycles. The van der Waals surface area contributed by atoms with Crippen molar-refractivity contribution in [2.75, 3.05) is 31.2 Å². The monoisotopic (exact) mass is 392 g/mol. The van der Waals surface area contributed by atoms with Crippen LogP contribution in [0.15, 0.2) is 36.4 Å². The van der Waals surface area contributed by atoms with Crippen LogP contribution in [0.5, 0.6) is 0 Å². The van der Waals surface area contributed by atoms with Crippen LogP contribution < -0.4 is 10.2 Å². The minimum Gasteiger partial charge on any atom is -0.370 e.